The average Bonchev–Trinajstić information content (AvgIpc) is 2.78. The molecule has 0 unspecified atom stereocenters. The third kappa shape index (κ3) is 4.40. The number of para-hydroxylation sites is 1. The van der Waals surface area contributed by atoms with Gasteiger partial charge in [-0.1, -0.05) is 6.07 Å². The maximum atomic E-state index is 14.7. The summed E-state index contributed by atoms with van der Waals surface area (Å²) in [5, 5.41) is 0.572. The highest BCUT2D eigenvalue weighted by Gasteiger charge is 2.28. The number of amides is 1. The fourth-order valence-corrected chi connectivity index (χ4v) is 4.06. The Bertz CT molecular complexity index is 1290. The molecule has 1 aliphatic heterocycles. The van der Waals surface area contributed by atoms with Crippen LogP contribution in [0.25, 0.3) is 16.6 Å². The molecular weight excluding hydrogens is 441 g/mol. The lowest BCUT2D eigenvalue weighted by Gasteiger charge is -2.36. The Hall–Kier alpha value is -3.69. The fourth-order valence-electron chi connectivity index (χ4n) is 4.06. The number of halogens is 1. The van der Waals surface area contributed by atoms with Gasteiger partial charge in [-0.25, -0.2) is 19.2 Å². The Kier molecular flexibility index (Phi) is 6.16. The molecule has 1 saturated heterocycles. The first-order valence-electron chi connectivity index (χ1n) is 11.0. The van der Waals surface area contributed by atoms with E-state index in [-0.39, 0.29) is 23.0 Å². The molecule has 9 nitrogen and oxygen atoms in total. The maximum Gasteiger partial charge on any atom is 0.410 e. The number of aromatic nitrogens is 3. The van der Waals surface area contributed by atoms with E-state index in [1.54, 1.807) is 24.0 Å². The SMILES string of the molecule is COc1cccc(F)c1-n1c(C)cc2c(N3CCN(C(=O)OC(C)(C)C)CC3)ncnc2c1=O. The smallest absolute Gasteiger partial charge is 0.410 e. The predicted octanol–water partition coefficient (Wildman–Crippen LogP) is 3.29. The number of carbonyl (C=O) groups excluding carboxylic acids is 1. The van der Waals surface area contributed by atoms with Gasteiger partial charge in [0.15, 0.2) is 5.82 Å². The number of rotatable bonds is 3. The third-order valence-electron chi connectivity index (χ3n) is 5.60. The van der Waals surface area contributed by atoms with E-state index in [4.69, 9.17) is 9.47 Å². The maximum absolute atomic E-state index is 14.7. The molecule has 0 saturated carbocycles. The van der Waals surface area contributed by atoms with Crippen LogP contribution in [0.5, 0.6) is 5.75 Å². The van der Waals surface area contributed by atoms with Crippen LogP contribution in [0.1, 0.15) is 26.5 Å². The summed E-state index contributed by atoms with van der Waals surface area (Å²) < 4.78 is 26.8. The van der Waals surface area contributed by atoms with Crippen LogP contribution in [0.2, 0.25) is 0 Å². The van der Waals surface area contributed by atoms with Crippen LogP contribution < -0.4 is 15.2 Å². The van der Waals surface area contributed by atoms with Gasteiger partial charge in [-0.15, -0.1) is 0 Å². The normalized spacial score (nSPS) is 14.4. The molecule has 1 aromatic carbocycles. The molecule has 0 aliphatic carbocycles. The largest absolute Gasteiger partial charge is 0.494 e. The van der Waals surface area contributed by atoms with Crippen molar-refractivity contribution in [3.05, 3.63) is 52.5 Å². The summed E-state index contributed by atoms with van der Waals surface area (Å²) in [6, 6.07) is 6.18. The molecule has 1 fully saturated rings. The number of aryl methyl sites for hydroxylation is 1. The van der Waals surface area contributed by atoms with Gasteiger partial charge in [0.25, 0.3) is 5.56 Å². The van der Waals surface area contributed by atoms with E-state index in [0.29, 0.717) is 43.1 Å². The number of piperazine rings is 1. The van der Waals surface area contributed by atoms with E-state index >= 15 is 0 Å². The summed E-state index contributed by atoms with van der Waals surface area (Å²) in [4.78, 5) is 38.1. The zero-order chi connectivity index (χ0) is 24.6. The summed E-state index contributed by atoms with van der Waals surface area (Å²) >= 11 is 0. The van der Waals surface area contributed by atoms with E-state index in [2.05, 4.69) is 9.97 Å². The van der Waals surface area contributed by atoms with E-state index in [0.717, 1.165) is 0 Å². The van der Waals surface area contributed by atoms with Gasteiger partial charge < -0.3 is 19.3 Å². The molecule has 34 heavy (non-hydrogen) atoms. The van der Waals surface area contributed by atoms with Gasteiger partial charge in [-0.2, -0.15) is 0 Å². The van der Waals surface area contributed by atoms with Crippen LogP contribution in [-0.2, 0) is 4.74 Å². The highest BCUT2D eigenvalue weighted by molar-refractivity contribution is 5.89. The molecule has 0 bridgehead atoms. The van der Waals surface area contributed by atoms with Crippen molar-refractivity contribution in [1.82, 2.24) is 19.4 Å². The van der Waals surface area contributed by atoms with Crippen molar-refractivity contribution in [2.24, 2.45) is 0 Å². The Morgan fingerprint density at radius 1 is 1.12 bits per heavy atom. The van der Waals surface area contributed by atoms with Gasteiger partial charge in [0.05, 0.1) is 12.5 Å². The third-order valence-corrected chi connectivity index (χ3v) is 5.60. The second-order valence-electron chi connectivity index (χ2n) is 9.13. The van der Waals surface area contributed by atoms with Crippen molar-refractivity contribution in [2.75, 3.05) is 38.2 Å². The van der Waals surface area contributed by atoms with Crippen LogP contribution in [0.4, 0.5) is 15.0 Å². The number of methoxy groups -OCH3 is 1. The highest BCUT2D eigenvalue weighted by Crippen LogP contribution is 2.29. The van der Waals surface area contributed by atoms with Crippen LogP contribution in [0, 0.1) is 12.7 Å². The zero-order valence-electron chi connectivity index (χ0n) is 20.0. The molecule has 4 rings (SSSR count). The summed E-state index contributed by atoms with van der Waals surface area (Å²) in [6.45, 7) is 9.19. The molecule has 1 amide bonds. The number of fused-ring (bicyclic) bond motifs is 1. The van der Waals surface area contributed by atoms with Crippen molar-refractivity contribution < 1.29 is 18.7 Å². The van der Waals surface area contributed by atoms with Crippen molar-refractivity contribution >= 4 is 22.8 Å². The summed E-state index contributed by atoms with van der Waals surface area (Å²) in [5.74, 6) is 0.273. The standard InChI is InChI=1S/C24H28FN5O4/c1-15-13-16-19(22(31)30(15)20-17(25)7-6-8-18(20)33-5)26-14-27-21(16)28-9-11-29(12-10-28)23(32)34-24(2,3)4/h6-8,13-14H,9-12H2,1-5H3. The van der Waals surface area contributed by atoms with Crippen LogP contribution in [0.15, 0.2) is 35.4 Å². The molecular formula is C24H28FN5O4. The Labute approximate surface area is 196 Å². The van der Waals surface area contributed by atoms with Gasteiger partial charge in [-0.3, -0.25) is 9.36 Å². The number of hydrogen-bond donors (Lipinski definition) is 0. The Morgan fingerprint density at radius 2 is 1.82 bits per heavy atom. The first-order chi connectivity index (χ1) is 16.1. The summed E-state index contributed by atoms with van der Waals surface area (Å²) in [7, 11) is 1.43. The molecule has 0 N–H and O–H groups in total. The molecule has 3 aromatic rings. The number of benzene rings is 1. The molecule has 3 heterocycles. The van der Waals surface area contributed by atoms with E-state index in [1.165, 1.54) is 30.1 Å². The first-order valence-corrected chi connectivity index (χ1v) is 11.0. The molecule has 0 radical (unpaired) electrons. The van der Waals surface area contributed by atoms with Crippen LogP contribution in [0.3, 0.4) is 0 Å². The highest BCUT2D eigenvalue weighted by atomic mass is 19.1. The summed E-state index contributed by atoms with van der Waals surface area (Å²) in [5.41, 5.74) is -0.287. The predicted molar refractivity (Wildman–Crippen MR) is 126 cm³/mol. The van der Waals surface area contributed by atoms with Crippen molar-refractivity contribution in [3.63, 3.8) is 0 Å². The second-order valence-corrected chi connectivity index (χ2v) is 9.13. The van der Waals surface area contributed by atoms with E-state index in [1.807, 2.05) is 25.7 Å². The fraction of sp³-hybridized carbons (Fsp3) is 0.417. The van der Waals surface area contributed by atoms with Gasteiger partial charge in [0.1, 0.15) is 34.7 Å². The lowest BCUT2D eigenvalue weighted by molar-refractivity contribution is 0.0240. The molecule has 1 aliphatic rings. The summed E-state index contributed by atoms with van der Waals surface area (Å²) in [6.07, 6.45) is 0.981. The van der Waals surface area contributed by atoms with Crippen molar-refractivity contribution in [2.45, 2.75) is 33.3 Å². The first kappa shape index (κ1) is 23.5. The number of pyridine rings is 1. The average molecular weight is 470 g/mol. The molecule has 10 heteroatoms. The topological polar surface area (TPSA) is 89.8 Å². The molecule has 0 spiro atoms. The second kappa shape index (κ2) is 8.92. The Balaban J connectivity index is 1.69. The molecule has 2 aromatic heterocycles. The minimum absolute atomic E-state index is 0.0422. The van der Waals surface area contributed by atoms with E-state index < -0.39 is 17.0 Å². The number of nitrogens with zero attached hydrogens (tertiary/aromatic N) is 5. The van der Waals surface area contributed by atoms with Crippen LogP contribution >= 0.6 is 0 Å². The minimum Gasteiger partial charge on any atom is -0.494 e. The number of ether oxygens (including phenoxy) is 2. The van der Waals surface area contributed by atoms with Crippen molar-refractivity contribution in [1.29, 1.82) is 0 Å². The van der Waals surface area contributed by atoms with Gasteiger partial charge in [0.2, 0.25) is 0 Å². The van der Waals surface area contributed by atoms with Gasteiger partial charge >= 0.3 is 6.09 Å². The number of hydrogen-bond acceptors (Lipinski definition) is 7. The zero-order valence-corrected chi connectivity index (χ0v) is 20.0. The molecule has 0 atom stereocenters. The monoisotopic (exact) mass is 469 g/mol. The lowest BCUT2D eigenvalue weighted by atomic mass is 10.2. The lowest BCUT2D eigenvalue weighted by Crippen LogP contribution is -2.50. The minimum atomic E-state index is -0.573. The van der Waals surface area contributed by atoms with Gasteiger partial charge in [-0.05, 0) is 45.9 Å². The Morgan fingerprint density at radius 3 is 2.47 bits per heavy atom. The number of anilines is 1. The van der Waals surface area contributed by atoms with Gasteiger partial charge in [0, 0.05) is 31.9 Å². The quantitative estimate of drug-likeness (QED) is 0.581. The number of carbonyl (C=O) groups is 1. The van der Waals surface area contributed by atoms with E-state index in [9.17, 15) is 14.0 Å². The molecule has 180 valence electrons. The van der Waals surface area contributed by atoms with Crippen molar-refractivity contribution in [3.8, 4) is 11.4 Å². The van der Waals surface area contributed by atoms with Crippen LogP contribution in [-0.4, -0.2) is 64.4 Å².